The van der Waals surface area contributed by atoms with E-state index in [9.17, 15) is 4.79 Å². The number of hydrogen-bond acceptors (Lipinski definition) is 5. The minimum absolute atomic E-state index is 0.211. The summed E-state index contributed by atoms with van der Waals surface area (Å²) in [6.07, 6.45) is 1.62. The highest BCUT2D eigenvalue weighted by atomic mass is 35.5. The van der Waals surface area contributed by atoms with Gasteiger partial charge in [0.15, 0.2) is 11.5 Å². The van der Waals surface area contributed by atoms with Gasteiger partial charge >= 0.3 is 0 Å². The first-order valence-corrected chi connectivity index (χ1v) is 9.74. The average Bonchev–Trinajstić information content (AvgIpc) is 3.45. The minimum Gasteiger partial charge on any atom is -0.467 e. The summed E-state index contributed by atoms with van der Waals surface area (Å²) in [5.74, 6) is 0.952. The van der Waals surface area contributed by atoms with Crippen molar-refractivity contribution in [3.05, 3.63) is 101 Å². The van der Waals surface area contributed by atoms with E-state index >= 15 is 0 Å². The fraction of sp³-hybridized carbons (Fsp3) is 0.130. The molecule has 0 atom stereocenters. The molecule has 0 spiro atoms. The summed E-state index contributed by atoms with van der Waals surface area (Å²) in [7, 11) is 0. The highest BCUT2D eigenvalue weighted by Crippen LogP contribution is 2.23. The van der Waals surface area contributed by atoms with Gasteiger partial charge < -0.3 is 19.0 Å². The monoisotopic (exact) mass is 422 g/mol. The Balaban J connectivity index is 1.31. The molecule has 0 aliphatic heterocycles. The Morgan fingerprint density at radius 2 is 1.87 bits per heavy atom. The normalized spacial score (nSPS) is 10.8. The number of aromatic nitrogens is 1. The maximum absolute atomic E-state index is 12.4. The van der Waals surface area contributed by atoms with Gasteiger partial charge in [0.05, 0.1) is 12.9 Å². The van der Waals surface area contributed by atoms with Crippen molar-refractivity contribution in [1.82, 2.24) is 10.5 Å². The number of nitrogens with zero attached hydrogens (tertiary/aromatic N) is 1. The maximum Gasteiger partial charge on any atom is 0.273 e. The summed E-state index contributed by atoms with van der Waals surface area (Å²) in [4.78, 5) is 12.4. The van der Waals surface area contributed by atoms with Crippen molar-refractivity contribution in [2.45, 2.75) is 19.8 Å². The number of rotatable bonds is 8. The number of hydrogen-bond donors (Lipinski definition) is 1. The van der Waals surface area contributed by atoms with Gasteiger partial charge in [-0.1, -0.05) is 53.2 Å². The Morgan fingerprint density at radius 1 is 1.00 bits per heavy atom. The molecule has 0 saturated carbocycles. The Kier molecular flexibility index (Phi) is 6.27. The van der Waals surface area contributed by atoms with Gasteiger partial charge in [0, 0.05) is 23.2 Å². The molecule has 4 aromatic rings. The topological polar surface area (TPSA) is 77.5 Å². The van der Waals surface area contributed by atoms with E-state index in [1.165, 1.54) is 0 Å². The van der Waals surface area contributed by atoms with E-state index in [0.717, 1.165) is 22.5 Å². The standard InChI is InChI=1S/C23H19ClN2O4/c24-19-7-2-6-18(11-19)22-12-21(26-30-22)23(27)25-13-16-4-1-5-17(10-16)14-28-15-20-8-3-9-29-20/h1-12H,13-15H2,(H,25,27). The quantitative estimate of drug-likeness (QED) is 0.420. The molecule has 7 heteroatoms. The molecular weight excluding hydrogens is 404 g/mol. The van der Waals surface area contributed by atoms with Crippen molar-refractivity contribution >= 4 is 17.5 Å². The fourth-order valence-electron chi connectivity index (χ4n) is 2.93. The van der Waals surface area contributed by atoms with Crippen molar-refractivity contribution in [3.8, 4) is 11.3 Å². The van der Waals surface area contributed by atoms with Crippen LogP contribution in [0.15, 0.2) is 81.9 Å². The predicted octanol–water partition coefficient (Wildman–Crippen LogP) is 5.23. The molecule has 4 rings (SSSR count). The van der Waals surface area contributed by atoms with Gasteiger partial charge in [-0.3, -0.25) is 4.79 Å². The molecule has 0 radical (unpaired) electrons. The maximum atomic E-state index is 12.4. The highest BCUT2D eigenvalue weighted by Gasteiger charge is 2.14. The number of amides is 1. The molecule has 1 amide bonds. The molecule has 0 fully saturated rings. The molecule has 2 heterocycles. The van der Waals surface area contributed by atoms with Crippen LogP contribution in [-0.4, -0.2) is 11.1 Å². The first-order chi connectivity index (χ1) is 14.7. The van der Waals surface area contributed by atoms with Crippen molar-refractivity contribution < 1.29 is 18.5 Å². The van der Waals surface area contributed by atoms with Crippen LogP contribution in [0.2, 0.25) is 5.02 Å². The number of ether oxygens (including phenoxy) is 1. The van der Waals surface area contributed by atoms with Crippen molar-refractivity contribution in [2.75, 3.05) is 0 Å². The van der Waals surface area contributed by atoms with Gasteiger partial charge in [-0.15, -0.1) is 0 Å². The van der Waals surface area contributed by atoms with E-state index in [0.29, 0.717) is 30.5 Å². The van der Waals surface area contributed by atoms with Crippen molar-refractivity contribution in [1.29, 1.82) is 0 Å². The van der Waals surface area contributed by atoms with Crippen LogP contribution in [-0.2, 0) is 24.5 Å². The summed E-state index contributed by atoms with van der Waals surface area (Å²) in [6, 6.07) is 20.3. The summed E-state index contributed by atoms with van der Waals surface area (Å²) in [6.45, 7) is 1.23. The zero-order valence-electron chi connectivity index (χ0n) is 16.0. The van der Waals surface area contributed by atoms with Crippen LogP contribution in [0.4, 0.5) is 0 Å². The van der Waals surface area contributed by atoms with Crippen LogP contribution in [0.5, 0.6) is 0 Å². The molecule has 0 aliphatic carbocycles. The van der Waals surface area contributed by atoms with Gasteiger partial charge in [-0.25, -0.2) is 0 Å². The van der Waals surface area contributed by atoms with E-state index in [-0.39, 0.29) is 11.6 Å². The van der Waals surface area contributed by atoms with Crippen molar-refractivity contribution in [3.63, 3.8) is 0 Å². The largest absolute Gasteiger partial charge is 0.467 e. The lowest BCUT2D eigenvalue weighted by atomic mass is 10.1. The van der Waals surface area contributed by atoms with Gasteiger partial charge in [0.1, 0.15) is 12.4 Å². The summed E-state index contributed by atoms with van der Waals surface area (Å²) in [5, 5.41) is 7.30. The molecule has 2 aromatic heterocycles. The second kappa shape index (κ2) is 9.43. The van der Waals surface area contributed by atoms with Crippen LogP contribution in [0.25, 0.3) is 11.3 Å². The lowest BCUT2D eigenvalue weighted by Crippen LogP contribution is -2.23. The summed E-state index contributed by atoms with van der Waals surface area (Å²) < 4.78 is 16.2. The molecule has 0 aliphatic rings. The molecule has 6 nitrogen and oxygen atoms in total. The first kappa shape index (κ1) is 19.9. The van der Waals surface area contributed by atoms with Crippen LogP contribution < -0.4 is 5.32 Å². The zero-order chi connectivity index (χ0) is 20.8. The predicted molar refractivity (Wildman–Crippen MR) is 112 cm³/mol. The van der Waals surface area contributed by atoms with Crippen LogP contribution in [0.3, 0.4) is 0 Å². The highest BCUT2D eigenvalue weighted by molar-refractivity contribution is 6.30. The molecule has 0 saturated heterocycles. The first-order valence-electron chi connectivity index (χ1n) is 9.36. The van der Waals surface area contributed by atoms with E-state index in [2.05, 4.69) is 10.5 Å². The van der Waals surface area contributed by atoms with Crippen LogP contribution in [0, 0.1) is 0 Å². The van der Waals surface area contributed by atoms with Gasteiger partial charge in [0.25, 0.3) is 5.91 Å². The molecule has 2 aromatic carbocycles. The summed E-state index contributed by atoms with van der Waals surface area (Å²) >= 11 is 6.00. The van der Waals surface area contributed by atoms with Crippen LogP contribution in [0.1, 0.15) is 27.4 Å². The molecule has 0 bridgehead atoms. The van der Waals surface area contributed by atoms with Gasteiger partial charge in [-0.2, -0.15) is 0 Å². The average molecular weight is 423 g/mol. The Hall–Kier alpha value is -3.35. The van der Waals surface area contributed by atoms with E-state index in [1.54, 1.807) is 24.5 Å². The fourth-order valence-corrected chi connectivity index (χ4v) is 3.12. The Morgan fingerprint density at radius 3 is 2.70 bits per heavy atom. The SMILES string of the molecule is O=C(NCc1cccc(COCc2ccco2)c1)c1cc(-c2cccc(Cl)c2)on1. The lowest BCUT2D eigenvalue weighted by molar-refractivity contribution is 0.0928. The number of carbonyl (C=O) groups is 1. The molecule has 152 valence electrons. The van der Waals surface area contributed by atoms with E-state index < -0.39 is 0 Å². The lowest BCUT2D eigenvalue weighted by Gasteiger charge is -2.07. The number of nitrogens with one attached hydrogen (secondary N) is 1. The minimum atomic E-state index is -0.313. The van der Waals surface area contributed by atoms with Gasteiger partial charge in [-0.05, 0) is 35.4 Å². The molecule has 1 N–H and O–H groups in total. The molecule has 30 heavy (non-hydrogen) atoms. The number of furan rings is 1. The second-order valence-electron chi connectivity index (χ2n) is 6.66. The van der Waals surface area contributed by atoms with Gasteiger partial charge in [0.2, 0.25) is 0 Å². The van der Waals surface area contributed by atoms with Crippen molar-refractivity contribution in [2.24, 2.45) is 0 Å². The molecular formula is C23H19ClN2O4. The number of carbonyl (C=O) groups excluding carboxylic acids is 1. The summed E-state index contributed by atoms with van der Waals surface area (Å²) in [5.41, 5.74) is 2.94. The van der Waals surface area contributed by atoms with E-state index in [1.807, 2.05) is 48.5 Å². The number of halogens is 1. The smallest absolute Gasteiger partial charge is 0.273 e. The third-order valence-corrected chi connectivity index (χ3v) is 4.62. The zero-order valence-corrected chi connectivity index (χ0v) is 16.8. The third kappa shape index (κ3) is 5.17. The van der Waals surface area contributed by atoms with Crippen LogP contribution >= 0.6 is 11.6 Å². The number of benzene rings is 2. The van der Waals surface area contributed by atoms with E-state index in [4.69, 9.17) is 25.3 Å². The Labute approximate surface area is 178 Å². The second-order valence-corrected chi connectivity index (χ2v) is 7.10. The third-order valence-electron chi connectivity index (χ3n) is 4.39. The Bertz CT molecular complexity index is 1120. The molecule has 0 unspecified atom stereocenters.